The summed E-state index contributed by atoms with van der Waals surface area (Å²) < 4.78 is 0. The van der Waals surface area contributed by atoms with Crippen LogP contribution in [0.4, 0.5) is 0 Å². The van der Waals surface area contributed by atoms with E-state index in [-0.39, 0.29) is 0 Å². The second kappa shape index (κ2) is 6.23. The molecule has 0 saturated heterocycles. The number of aromatic nitrogens is 1. The van der Waals surface area contributed by atoms with Crippen molar-refractivity contribution in [1.29, 1.82) is 0 Å². The van der Waals surface area contributed by atoms with Gasteiger partial charge in [-0.3, -0.25) is 0 Å². The average Bonchev–Trinajstić information content (AvgIpc) is 2.71. The van der Waals surface area contributed by atoms with Crippen molar-refractivity contribution in [2.75, 3.05) is 13.1 Å². The molecule has 1 heterocycles. The highest BCUT2D eigenvalue weighted by Gasteiger charge is 2.23. The summed E-state index contributed by atoms with van der Waals surface area (Å²) in [6.07, 6.45) is 5.40. The molecular formula is C12H22N2S. The van der Waals surface area contributed by atoms with Gasteiger partial charge in [0.05, 0.1) is 5.01 Å². The van der Waals surface area contributed by atoms with Crippen molar-refractivity contribution in [1.82, 2.24) is 10.3 Å². The lowest BCUT2D eigenvalue weighted by atomic mass is 9.84. The minimum atomic E-state index is 0.354. The van der Waals surface area contributed by atoms with Crippen molar-refractivity contribution < 1.29 is 0 Å². The van der Waals surface area contributed by atoms with Crippen LogP contribution < -0.4 is 5.32 Å². The summed E-state index contributed by atoms with van der Waals surface area (Å²) in [6, 6.07) is 0. The average molecular weight is 226 g/mol. The fourth-order valence-electron chi connectivity index (χ4n) is 1.58. The number of rotatable bonds is 7. The highest BCUT2D eigenvalue weighted by molar-refractivity contribution is 7.09. The zero-order chi connectivity index (χ0) is 11.1. The van der Waals surface area contributed by atoms with Crippen LogP contribution in [-0.2, 0) is 6.42 Å². The molecule has 86 valence electrons. The summed E-state index contributed by atoms with van der Waals surface area (Å²) in [4.78, 5) is 4.37. The van der Waals surface area contributed by atoms with Gasteiger partial charge in [-0.25, -0.2) is 4.98 Å². The first kappa shape index (κ1) is 12.7. The molecule has 15 heavy (non-hydrogen) atoms. The number of nitrogens with zero attached hydrogens (tertiary/aromatic N) is 1. The fourth-order valence-corrected chi connectivity index (χ4v) is 2.42. The number of hydrogen-bond donors (Lipinski definition) is 1. The molecule has 1 unspecified atom stereocenters. The van der Waals surface area contributed by atoms with Crippen molar-refractivity contribution in [3.63, 3.8) is 0 Å². The number of hydrogen-bond acceptors (Lipinski definition) is 3. The van der Waals surface area contributed by atoms with Crippen LogP contribution in [0.3, 0.4) is 0 Å². The van der Waals surface area contributed by atoms with E-state index >= 15 is 0 Å². The Labute approximate surface area is 97.1 Å². The van der Waals surface area contributed by atoms with Crippen LogP contribution in [0, 0.1) is 5.41 Å². The highest BCUT2D eigenvalue weighted by Crippen LogP contribution is 2.26. The summed E-state index contributed by atoms with van der Waals surface area (Å²) in [5.74, 6) is 0. The van der Waals surface area contributed by atoms with Crippen molar-refractivity contribution in [2.24, 2.45) is 5.41 Å². The zero-order valence-electron chi connectivity index (χ0n) is 10.0. The van der Waals surface area contributed by atoms with Gasteiger partial charge in [-0.2, -0.15) is 0 Å². The molecule has 0 radical (unpaired) electrons. The molecule has 2 nitrogen and oxygen atoms in total. The Morgan fingerprint density at radius 1 is 1.47 bits per heavy atom. The molecule has 1 rings (SSSR count). The van der Waals surface area contributed by atoms with E-state index in [2.05, 4.69) is 36.5 Å². The molecule has 0 fully saturated rings. The van der Waals surface area contributed by atoms with Gasteiger partial charge in [-0.05, 0) is 24.8 Å². The molecule has 3 heteroatoms. The molecule has 1 atom stereocenters. The standard InChI is InChI=1S/C12H22N2S/c1-4-6-13-10-12(3,5-2)9-11-14-7-8-15-11/h7-8,13H,4-6,9-10H2,1-3H3. The highest BCUT2D eigenvalue weighted by atomic mass is 32.1. The van der Waals surface area contributed by atoms with Crippen molar-refractivity contribution >= 4 is 11.3 Å². The third kappa shape index (κ3) is 4.31. The van der Waals surface area contributed by atoms with Crippen LogP contribution in [0.2, 0.25) is 0 Å². The largest absolute Gasteiger partial charge is 0.316 e. The lowest BCUT2D eigenvalue weighted by molar-refractivity contribution is 0.290. The first-order chi connectivity index (χ1) is 7.20. The minimum absolute atomic E-state index is 0.354. The first-order valence-corrected chi connectivity index (χ1v) is 6.67. The van der Waals surface area contributed by atoms with Gasteiger partial charge in [0.2, 0.25) is 0 Å². The van der Waals surface area contributed by atoms with Gasteiger partial charge in [-0.15, -0.1) is 11.3 Å². The lowest BCUT2D eigenvalue weighted by Crippen LogP contribution is -2.33. The Morgan fingerprint density at radius 3 is 2.80 bits per heavy atom. The molecular weight excluding hydrogens is 204 g/mol. The van der Waals surface area contributed by atoms with Gasteiger partial charge in [0.25, 0.3) is 0 Å². The van der Waals surface area contributed by atoms with E-state index in [1.165, 1.54) is 17.8 Å². The monoisotopic (exact) mass is 226 g/mol. The van der Waals surface area contributed by atoms with Crippen LogP contribution in [0.5, 0.6) is 0 Å². The molecule has 0 saturated carbocycles. The van der Waals surface area contributed by atoms with Crippen LogP contribution in [-0.4, -0.2) is 18.1 Å². The smallest absolute Gasteiger partial charge is 0.0930 e. The third-order valence-corrected chi connectivity index (χ3v) is 3.67. The molecule has 0 bridgehead atoms. The van der Waals surface area contributed by atoms with Crippen molar-refractivity contribution in [2.45, 2.75) is 40.0 Å². The maximum atomic E-state index is 4.37. The second-order valence-electron chi connectivity index (χ2n) is 4.44. The number of thiazole rings is 1. The van der Waals surface area contributed by atoms with Crippen LogP contribution in [0.25, 0.3) is 0 Å². The van der Waals surface area contributed by atoms with Gasteiger partial charge in [0, 0.05) is 24.5 Å². The van der Waals surface area contributed by atoms with E-state index in [1.807, 2.05) is 6.20 Å². The lowest BCUT2D eigenvalue weighted by Gasteiger charge is -2.27. The minimum Gasteiger partial charge on any atom is -0.316 e. The van der Waals surface area contributed by atoms with Gasteiger partial charge in [0.15, 0.2) is 0 Å². The van der Waals surface area contributed by atoms with Crippen LogP contribution >= 0.6 is 11.3 Å². The summed E-state index contributed by atoms with van der Waals surface area (Å²) in [6.45, 7) is 9.03. The molecule has 1 aromatic rings. The Morgan fingerprint density at radius 2 is 2.27 bits per heavy atom. The molecule has 0 aliphatic carbocycles. The van der Waals surface area contributed by atoms with E-state index < -0.39 is 0 Å². The zero-order valence-corrected chi connectivity index (χ0v) is 10.9. The molecule has 1 N–H and O–H groups in total. The Kier molecular flexibility index (Phi) is 5.26. The molecule has 0 aromatic carbocycles. The van der Waals surface area contributed by atoms with Gasteiger partial charge >= 0.3 is 0 Å². The van der Waals surface area contributed by atoms with E-state index in [1.54, 1.807) is 11.3 Å². The molecule has 0 aliphatic rings. The van der Waals surface area contributed by atoms with Crippen LogP contribution in [0.15, 0.2) is 11.6 Å². The Balaban J connectivity index is 2.44. The second-order valence-corrected chi connectivity index (χ2v) is 5.42. The van der Waals surface area contributed by atoms with E-state index in [9.17, 15) is 0 Å². The topological polar surface area (TPSA) is 24.9 Å². The molecule has 0 aliphatic heterocycles. The molecule has 1 aromatic heterocycles. The Hall–Kier alpha value is -0.410. The van der Waals surface area contributed by atoms with E-state index in [4.69, 9.17) is 0 Å². The third-order valence-electron chi connectivity index (χ3n) is 2.89. The number of nitrogens with one attached hydrogen (secondary N) is 1. The predicted octanol–water partition coefficient (Wildman–Crippen LogP) is 3.10. The maximum absolute atomic E-state index is 4.37. The van der Waals surface area contributed by atoms with Gasteiger partial charge in [-0.1, -0.05) is 20.8 Å². The molecule has 0 amide bonds. The maximum Gasteiger partial charge on any atom is 0.0930 e. The van der Waals surface area contributed by atoms with E-state index in [0.29, 0.717) is 5.41 Å². The summed E-state index contributed by atoms with van der Waals surface area (Å²) in [5, 5.41) is 6.84. The van der Waals surface area contributed by atoms with Crippen molar-refractivity contribution in [3.8, 4) is 0 Å². The van der Waals surface area contributed by atoms with E-state index in [0.717, 1.165) is 19.5 Å². The summed E-state index contributed by atoms with van der Waals surface area (Å²) in [7, 11) is 0. The molecule has 0 spiro atoms. The summed E-state index contributed by atoms with van der Waals surface area (Å²) >= 11 is 1.77. The predicted molar refractivity (Wildman–Crippen MR) is 67.4 cm³/mol. The fraction of sp³-hybridized carbons (Fsp3) is 0.750. The SMILES string of the molecule is CCCNCC(C)(CC)Cc1nccs1. The quantitative estimate of drug-likeness (QED) is 0.723. The summed E-state index contributed by atoms with van der Waals surface area (Å²) in [5.41, 5.74) is 0.354. The normalized spacial score (nSPS) is 15.1. The van der Waals surface area contributed by atoms with Crippen LogP contribution in [0.1, 0.15) is 38.6 Å². The first-order valence-electron chi connectivity index (χ1n) is 5.79. The van der Waals surface area contributed by atoms with Gasteiger partial charge in [0.1, 0.15) is 0 Å². The van der Waals surface area contributed by atoms with Gasteiger partial charge < -0.3 is 5.32 Å². The Bertz CT molecular complexity index is 259. The van der Waals surface area contributed by atoms with Crippen molar-refractivity contribution in [3.05, 3.63) is 16.6 Å².